The van der Waals surface area contributed by atoms with E-state index in [1.54, 1.807) is 0 Å². The maximum absolute atomic E-state index is 13.0. The molecular weight excluding hydrogens is 260 g/mol. The maximum Gasteiger partial charge on any atom is 0.230 e. The van der Waals surface area contributed by atoms with Crippen LogP contribution in [0.3, 0.4) is 0 Å². The zero-order chi connectivity index (χ0) is 15.5. The molecule has 0 spiro atoms. The number of aryl methyl sites for hydroxylation is 1. The van der Waals surface area contributed by atoms with Crippen LogP contribution in [0.15, 0.2) is 24.3 Å². The van der Waals surface area contributed by atoms with Gasteiger partial charge in [-0.25, -0.2) is 0 Å². The van der Waals surface area contributed by atoms with Gasteiger partial charge in [0.05, 0.1) is 11.5 Å². The van der Waals surface area contributed by atoms with Crippen LogP contribution in [0.4, 0.5) is 0 Å². The smallest absolute Gasteiger partial charge is 0.230 e. The minimum atomic E-state index is -0.216. The van der Waals surface area contributed by atoms with Gasteiger partial charge in [0.2, 0.25) is 5.91 Å². The fraction of sp³-hybridized carbons (Fsp3) is 0.611. The van der Waals surface area contributed by atoms with Gasteiger partial charge in [0.15, 0.2) is 0 Å². The lowest BCUT2D eigenvalue weighted by atomic mass is 9.77. The van der Waals surface area contributed by atoms with Crippen LogP contribution in [0.25, 0.3) is 0 Å². The Morgan fingerprint density at radius 1 is 1.38 bits per heavy atom. The molecular formula is C18H28N2O. The molecule has 2 atom stereocenters. The first-order chi connectivity index (χ1) is 10.00. The van der Waals surface area contributed by atoms with Gasteiger partial charge in [0, 0.05) is 13.6 Å². The van der Waals surface area contributed by atoms with E-state index in [0.717, 1.165) is 32.4 Å². The number of nitrogens with zero attached hydrogens (tertiary/aromatic N) is 1. The molecule has 116 valence electrons. The highest BCUT2D eigenvalue weighted by Gasteiger charge is 2.40. The summed E-state index contributed by atoms with van der Waals surface area (Å²) in [5.41, 5.74) is 2.24. The predicted octanol–water partition coefficient (Wildman–Crippen LogP) is 3.29. The molecule has 0 bridgehead atoms. The van der Waals surface area contributed by atoms with Crippen LogP contribution in [0.2, 0.25) is 0 Å². The first kappa shape index (κ1) is 16.0. The maximum atomic E-state index is 13.0. The van der Waals surface area contributed by atoms with Gasteiger partial charge < -0.3 is 10.2 Å². The summed E-state index contributed by atoms with van der Waals surface area (Å²) in [4.78, 5) is 15.0. The summed E-state index contributed by atoms with van der Waals surface area (Å²) in [6.07, 6.45) is 3.00. The molecule has 1 aromatic rings. The van der Waals surface area contributed by atoms with Gasteiger partial charge in [0.1, 0.15) is 0 Å². The molecule has 0 saturated carbocycles. The monoisotopic (exact) mass is 288 g/mol. The molecule has 1 saturated heterocycles. The van der Waals surface area contributed by atoms with Gasteiger partial charge in [-0.05, 0) is 45.2 Å². The number of nitrogens with one attached hydrogen (secondary N) is 1. The van der Waals surface area contributed by atoms with Crippen LogP contribution in [0, 0.1) is 12.3 Å². The van der Waals surface area contributed by atoms with Crippen molar-refractivity contribution in [1.29, 1.82) is 0 Å². The van der Waals surface area contributed by atoms with Crippen LogP contribution >= 0.6 is 0 Å². The molecule has 0 aliphatic carbocycles. The minimum absolute atomic E-state index is 0.114. The molecule has 0 aromatic heterocycles. The van der Waals surface area contributed by atoms with Gasteiger partial charge in [-0.1, -0.05) is 36.8 Å². The molecule has 3 nitrogen and oxygen atoms in total. The fourth-order valence-corrected chi connectivity index (χ4v) is 3.22. The molecule has 21 heavy (non-hydrogen) atoms. The summed E-state index contributed by atoms with van der Waals surface area (Å²) in [6, 6.07) is 8.59. The van der Waals surface area contributed by atoms with Crippen LogP contribution in [0.5, 0.6) is 0 Å². The molecule has 2 unspecified atom stereocenters. The van der Waals surface area contributed by atoms with Gasteiger partial charge in [0.25, 0.3) is 0 Å². The Morgan fingerprint density at radius 3 is 2.57 bits per heavy atom. The largest absolute Gasteiger partial charge is 0.338 e. The summed E-state index contributed by atoms with van der Waals surface area (Å²) in [5, 5.41) is 3.40. The molecule has 1 heterocycles. The number of carbonyl (C=O) groups excluding carboxylic acids is 1. The predicted molar refractivity (Wildman–Crippen MR) is 87.2 cm³/mol. The Balaban J connectivity index is 2.15. The minimum Gasteiger partial charge on any atom is -0.338 e. The molecule has 1 amide bonds. The van der Waals surface area contributed by atoms with Crippen molar-refractivity contribution in [2.75, 3.05) is 20.1 Å². The quantitative estimate of drug-likeness (QED) is 0.922. The van der Waals surface area contributed by atoms with Crippen LogP contribution < -0.4 is 5.32 Å². The van der Waals surface area contributed by atoms with E-state index in [9.17, 15) is 4.79 Å². The van der Waals surface area contributed by atoms with Crippen LogP contribution in [-0.4, -0.2) is 30.9 Å². The average Bonchev–Trinajstić information content (AvgIpc) is 2.54. The van der Waals surface area contributed by atoms with Crippen LogP contribution in [-0.2, 0) is 4.79 Å². The van der Waals surface area contributed by atoms with Gasteiger partial charge in [-0.15, -0.1) is 0 Å². The fourth-order valence-electron chi connectivity index (χ4n) is 3.22. The van der Waals surface area contributed by atoms with E-state index in [2.05, 4.69) is 50.4 Å². The molecule has 1 aliphatic rings. The first-order valence-electron chi connectivity index (χ1n) is 8.05. The number of rotatable bonds is 4. The van der Waals surface area contributed by atoms with Crippen molar-refractivity contribution in [3.8, 4) is 0 Å². The lowest BCUT2D eigenvalue weighted by molar-refractivity contribution is -0.144. The van der Waals surface area contributed by atoms with Gasteiger partial charge >= 0.3 is 0 Å². The highest BCUT2D eigenvalue weighted by atomic mass is 16.2. The second-order valence-electron chi connectivity index (χ2n) is 6.42. The Morgan fingerprint density at radius 2 is 2.05 bits per heavy atom. The number of amides is 1. The number of carbonyl (C=O) groups is 1. The Kier molecular flexibility index (Phi) is 5.04. The zero-order valence-corrected chi connectivity index (χ0v) is 13.8. The van der Waals surface area contributed by atoms with E-state index in [1.165, 1.54) is 11.1 Å². The molecule has 1 fully saturated rings. The van der Waals surface area contributed by atoms with Crippen LogP contribution in [0.1, 0.15) is 50.3 Å². The summed E-state index contributed by atoms with van der Waals surface area (Å²) in [5.74, 6) is 0.283. The van der Waals surface area contributed by atoms with Crippen molar-refractivity contribution >= 4 is 5.91 Å². The SMILES string of the molecule is CCC1(C(=O)N(C)C(C)c2ccc(C)cc2)CCCNC1. The third kappa shape index (κ3) is 3.29. The summed E-state index contributed by atoms with van der Waals surface area (Å²) in [6.45, 7) is 8.18. The number of benzene rings is 1. The second kappa shape index (κ2) is 6.61. The number of piperidine rings is 1. The second-order valence-corrected chi connectivity index (χ2v) is 6.42. The third-order valence-electron chi connectivity index (χ3n) is 5.06. The van der Waals surface area contributed by atoms with Gasteiger partial charge in [-0.2, -0.15) is 0 Å². The average molecular weight is 288 g/mol. The Labute approximate surface area is 128 Å². The topological polar surface area (TPSA) is 32.3 Å². The van der Waals surface area contributed by atoms with E-state index < -0.39 is 0 Å². The third-order valence-corrected chi connectivity index (χ3v) is 5.06. The highest BCUT2D eigenvalue weighted by molar-refractivity contribution is 5.83. The van der Waals surface area contributed by atoms with E-state index in [1.807, 2.05) is 11.9 Å². The van der Waals surface area contributed by atoms with E-state index in [-0.39, 0.29) is 17.4 Å². The van der Waals surface area contributed by atoms with Gasteiger partial charge in [-0.3, -0.25) is 4.79 Å². The van der Waals surface area contributed by atoms with Crippen molar-refractivity contribution in [2.24, 2.45) is 5.41 Å². The molecule has 3 heteroatoms. The number of hydrogen-bond donors (Lipinski definition) is 1. The lowest BCUT2D eigenvalue weighted by Crippen LogP contribution is -2.51. The molecule has 1 N–H and O–H groups in total. The summed E-state index contributed by atoms with van der Waals surface area (Å²) < 4.78 is 0. The standard InChI is InChI=1S/C18H28N2O/c1-5-18(11-6-12-19-13-18)17(21)20(4)15(3)16-9-7-14(2)8-10-16/h7-10,15,19H,5-6,11-13H2,1-4H3. The summed E-state index contributed by atoms with van der Waals surface area (Å²) in [7, 11) is 1.94. The zero-order valence-electron chi connectivity index (χ0n) is 13.8. The molecule has 1 aromatic carbocycles. The first-order valence-corrected chi connectivity index (χ1v) is 8.05. The normalized spacial score (nSPS) is 23.6. The lowest BCUT2D eigenvalue weighted by Gasteiger charge is -2.40. The Hall–Kier alpha value is -1.35. The van der Waals surface area contributed by atoms with E-state index in [0.29, 0.717) is 0 Å². The van der Waals surface area contributed by atoms with Crippen molar-refractivity contribution in [2.45, 2.75) is 46.1 Å². The Bertz CT molecular complexity index is 474. The van der Waals surface area contributed by atoms with E-state index >= 15 is 0 Å². The highest BCUT2D eigenvalue weighted by Crippen LogP contribution is 2.34. The van der Waals surface area contributed by atoms with E-state index in [4.69, 9.17) is 0 Å². The molecule has 2 rings (SSSR count). The van der Waals surface area contributed by atoms with Crippen molar-refractivity contribution in [1.82, 2.24) is 10.2 Å². The van der Waals surface area contributed by atoms with Crippen molar-refractivity contribution in [3.63, 3.8) is 0 Å². The molecule has 1 aliphatic heterocycles. The summed E-state index contributed by atoms with van der Waals surface area (Å²) >= 11 is 0. The van der Waals surface area contributed by atoms with Crippen molar-refractivity contribution in [3.05, 3.63) is 35.4 Å². The van der Waals surface area contributed by atoms with Crippen molar-refractivity contribution < 1.29 is 4.79 Å². The number of hydrogen-bond acceptors (Lipinski definition) is 2. The molecule has 0 radical (unpaired) electrons.